The van der Waals surface area contributed by atoms with Crippen molar-refractivity contribution in [3.8, 4) is 0 Å². The fraction of sp³-hybridized carbons (Fsp3) is 0.588. The van der Waals surface area contributed by atoms with Gasteiger partial charge in [-0.3, -0.25) is 4.90 Å². The smallest absolute Gasteiger partial charge is 0.209 e. The van der Waals surface area contributed by atoms with E-state index in [1.54, 1.807) is 0 Å². The van der Waals surface area contributed by atoms with Gasteiger partial charge in [0.15, 0.2) is 5.58 Å². The highest BCUT2D eigenvalue weighted by molar-refractivity contribution is 5.73. The molecule has 1 aliphatic rings. The van der Waals surface area contributed by atoms with E-state index >= 15 is 0 Å². The van der Waals surface area contributed by atoms with Gasteiger partial charge in [0.05, 0.1) is 6.54 Å². The monoisotopic (exact) mass is 272 g/mol. The van der Waals surface area contributed by atoms with Gasteiger partial charge in [0.1, 0.15) is 5.52 Å². The van der Waals surface area contributed by atoms with Crippen LogP contribution in [0.1, 0.15) is 44.6 Å². The normalized spacial score (nSPS) is 17.1. The van der Waals surface area contributed by atoms with Gasteiger partial charge in [-0.05, 0) is 56.0 Å². The second kappa shape index (κ2) is 5.96. The Balaban J connectivity index is 1.75. The number of oxazole rings is 1. The molecule has 0 N–H and O–H groups in total. The number of benzene rings is 1. The molecule has 0 amide bonds. The van der Waals surface area contributed by atoms with Gasteiger partial charge in [0.25, 0.3) is 0 Å². The molecule has 0 aliphatic carbocycles. The van der Waals surface area contributed by atoms with E-state index in [0.29, 0.717) is 5.92 Å². The highest BCUT2D eigenvalue weighted by atomic mass is 16.3. The largest absolute Gasteiger partial charge is 0.439 e. The minimum Gasteiger partial charge on any atom is -0.439 e. The lowest BCUT2D eigenvalue weighted by molar-refractivity contribution is 0.203. The summed E-state index contributed by atoms with van der Waals surface area (Å²) in [7, 11) is 0. The molecular weight excluding hydrogens is 248 g/mol. The second-order valence-electron chi connectivity index (χ2n) is 6.34. The van der Waals surface area contributed by atoms with Gasteiger partial charge in [-0.1, -0.05) is 26.3 Å². The van der Waals surface area contributed by atoms with Crippen LogP contribution < -0.4 is 0 Å². The lowest BCUT2D eigenvalue weighted by Crippen LogP contribution is -2.29. The Hall–Kier alpha value is -1.35. The van der Waals surface area contributed by atoms with Gasteiger partial charge >= 0.3 is 0 Å². The molecule has 0 radical (unpaired) electrons. The number of hydrogen-bond donors (Lipinski definition) is 0. The third-order valence-electron chi connectivity index (χ3n) is 3.95. The molecule has 0 spiro atoms. The molecule has 3 nitrogen and oxygen atoms in total. The van der Waals surface area contributed by atoms with E-state index in [2.05, 4.69) is 41.9 Å². The Morgan fingerprint density at radius 3 is 2.75 bits per heavy atom. The van der Waals surface area contributed by atoms with E-state index in [1.165, 1.54) is 37.9 Å². The standard InChI is InChI=1S/C17H24N2O/c1-13(2)10-14-6-7-16-15(11-14)18-17(20-16)12-19-8-4-3-5-9-19/h6-7,11,13H,3-5,8-10,12H2,1-2H3. The lowest BCUT2D eigenvalue weighted by atomic mass is 10.0. The summed E-state index contributed by atoms with van der Waals surface area (Å²) in [5.74, 6) is 1.54. The molecule has 1 saturated heterocycles. The summed E-state index contributed by atoms with van der Waals surface area (Å²) in [5.41, 5.74) is 3.28. The lowest BCUT2D eigenvalue weighted by Gasteiger charge is -2.24. The first kappa shape index (κ1) is 13.6. The molecular formula is C17H24N2O. The molecule has 1 aliphatic heterocycles. The van der Waals surface area contributed by atoms with Crippen LogP contribution in [0.3, 0.4) is 0 Å². The van der Waals surface area contributed by atoms with Crippen molar-refractivity contribution in [1.29, 1.82) is 0 Å². The molecule has 3 rings (SSSR count). The van der Waals surface area contributed by atoms with Crippen molar-refractivity contribution in [3.05, 3.63) is 29.7 Å². The molecule has 1 aromatic heterocycles. The van der Waals surface area contributed by atoms with E-state index in [9.17, 15) is 0 Å². The van der Waals surface area contributed by atoms with Crippen LogP contribution in [0, 0.1) is 5.92 Å². The zero-order chi connectivity index (χ0) is 13.9. The van der Waals surface area contributed by atoms with Crippen LogP contribution in [0.15, 0.2) is 22.6 Å². The van der Waals surface area contributed by atoms with Crippen LogP contribution in [-0.4, -0.2) is 23.0 Å². The first-order valence-corrected chi connectivity index (χ1v) is 7.81. The number of aromatic nitrogens is 1. The zero-order valence-corrected chi connectivity index (χ0v) is 12.6. The van der Waals surface area contributed by atoms with Gasteiger partial charge in [-0.2, -0.15) is 0 Å². The van der Waals surface area contributed by atoms with Crippen molar-refractivity contribution in [1.82, 2.24) is 9.88 Å². The summed E-state index contributed by atoms with van der Waals surface area (Å²) >= 11 is 0. The van der Waals surface area contributed by atoms with Gasteiger partial charge in [-0.25, -0.2) is 4.98 Å². The third kappa shape index (κ3) is 3.21. The van der Waals surface area contributed by atoms with Gasteiger partial charge in [0, 0.05) is 0 Å². The maximum Gasteiger partial charge on any atom is 0.209 e. The predicted molar refractivity (Wildman–Crippen MR) is 81.7 cm³/mol. The Morgan fingerprint density at radius 2 is 2.00 bits per heavy atom. The van der Waals surface area contributed by atoms with Crippen molar-refractivity contribution in [2.24, 2.45) is 5.92 Å². The van der Waals surface area contributed by atoms with Crippen molar-refractivity contribution in [2.75, 3.05) is 13.1 Å². The fourth-order valence-electron chi connectivity index (χ4n) is 3.00. The zero-order valence-electron chi connectivity index (χ0n) is 12.6. The van der Waals surface area contributed by atoms with E-state index in [4.69, 9.17) is 4.42 Å². The van der Waals surface area contributed by atoms with Crippen molar-refractivity contribution < 1.29 is 4.42 Å². The SMILES string of the molecule is CC(C)Cc1ccc2oc(CN3CCCCC3)nc2c1. The topological polar surface area (TPSA) is 29.3 Å². The Morgan fingerprint density at radius 1 is 1.20 bits per heavy atom. The molecule has 0 bridgehead atoms. The van der Waals surface area contributed by atoms with E-state index in [-0.39, 0.29) is 0 Å². The van der Waals surface area contributed by atoms with E-state index in [1.807, 2.05) is 0 Å². The second-order valence-corrected chi connectivity index (χ2v) is 6.34. The van der Waals surface area contributed by atoms with Crippen LogP contribution in [-0.2, 0) is 13.0 Å². The average molecular weight is 272 g/mol. The highest BCUT2D eigenvalue weighted by Gasteiger charge is 2.14. The van der Waals surface area contributed by atoms with Crippen molar-refractivity contribution in [2.45, 2.75) is 46.1 Å². The van der Waals surface area contributed by atoms with E-state index < -0.39 is 0 Å². The molecule has 108 valence electrons. The van der Waals surface area contributed by atoms with Gasteiger partial charge in [0.2, 0.25) is 5.89 Å². The Bertz CT molecular complexity index is 567. The van der Waals surface area contributed by atoms with Crippen LogP contribution in [0.25, 0.3) is 11.1 Å². The summed E-state index contributed by atoms with van der Waals surface area (Å²) in [6.07, 6.45) is 5.07. The molecule has 0 unspecified atom stereocenters. The average Bonchev–Trinajstić information content (AvgIpc) is 2.80. The molecule has 1 aromatic carbocycles. The van der Waals surface area contributed by atoms with Crippen LogP contribution in [0.2, 0.25) is 0 Å². The molecule has 20 heavy (non-hydrogen) atoms. The van der Waals surface area contributed by atoms with Gasteiger partial charge in [-0.15, -0.1) is 0 Å². The Labute approximate surface area is 121 Å². The summed E-state index contributed by atoms with van der Waals surface area (Å²) in [6.45, 7) is 7.70. The summed E-state index contributed by atoms with van der Waals surface area (Å²) in [6, 6.07) is 6.41. The number of fused-ring (bicyclic) bond motifs is 1. The number of rotatable bonds is 4. The molecule has 2 heterocycles. The number of likely N-dealkylation sites (tertiary alicyclic amines) is 1. The predicted octanol–water partition coefficient (Wildman–Crippen LogP) is 4.01. The van der Waals surface area contributed by atoms with Crippen LogP contribution in [0.5, 0.6) is 0 Å². The van der Waals surface area contributed by atoms with Crippen LogP contribution >= 0.6 is 0 Å². The van der Waals surface area contributed by atoms with Crippen molar-refractivity contribution >= 4 is 11.1 Å². The minimum absolute atomic E-state index is 0.673. The molecule has 3 heteroatoms. The van der Waals surface area contributed by atoms with Crippen LogP contribution in [0.4, 0.5) is 0 Å². The molecule has 2 aromatic rings. The molecule has 0 atom stereocenters. The molecule has 0 saturated carbocycles. The number of hydrogen-bond acceptors (Lipinski definition) is 3. The van der Waals surface area contributed by atoms with E-state index in [0.717, 1.165) is 30.0 Å². The fourth-order valence-corrected chi connectivity index (χ4v) is 3.00. The van der Waals surface area contributed by atoms with Gasteiger partial charge < -0.3 is 4.42 Å². The molecule has 1 fully saturated rings. The highest BCUT2D eigenvalue weighted by Crippen LogP contribution is 2.21. The Kier molecular flexibility index (Phi) is 4.06. The first-order chi connectivity index (χ1) is 9.70. The summed E-state index contributed by atoms with van der Waals surface area (Å²) in [5, 5.41) is 0. The summed E-state index contributed by atoms with van der Waals surface area (Å²) < 4.78 is 5.88. The van der Waals surface area contributed by atoms with Crippen molar-refractivity contribution in [3.63, 3.8) is 0 Å². The number of nitrogens with zero attached hydrogens (tertiary/aromatic N) is 2. The minimum atomic E-state index is 0.673. The third-order valence-corrected chi connectivity index (χ3v) is 3.95. The number of piperidine rings is 1. The summed E-state index contributed by atoms with van der Waals surface area (Å²) in [4.78, 5) is 7.11. The maximum atomic E-state index is 5.88. The maximum absolute atomic E-state index is 5.88. The quantitative estimate of drug-likeness (QED) is 0.842. The first-order valence-electron chi connectivity index (χ1n) is 7.81.